The number of hydrogen-bond acceptors (Lipinski definition) is 6. The van der Waals surface area contributed by atoms with E-state index in [0.29, 0.717) is 52.9 Å². The molecule has 0 aromatic heterocycles. The molecule has 1 aliphatic heterocycles. The van der Waals surface area contributed by atoms with Crippen LogP contribution in [0.1, 0.15) is 6.42 Å². The third-order valence-corrected chi connectivity index (χ3v) is 4.39. The molecule has 0 radical (unpaired) electrons. The van der Waals surface area contributed by atoms with E-state index in [1.165, 1.54) is 0 Å². The number of ether oxygens (including phenoxy) is 5. The van der Waals surface area contributed by atoms with E-state index in [0.717, 1.165) is 6.42 Å². The first-order valence-electron chi connectivity index (χ1n) is 8.05. The van der Waals surface area contributed by atoms with E-state index in [9.17, 15) is 4.79 Å². The van der Waals surface area contributed by atoms with Crippen molar-refractivity contribution in [2.75, 3.05) is 52.9 Å². The second-order valence-corrected chi connectivity index (χ2v) is 5.76. The van der Waals surface area contributed by atoms with Crippen LogP contribution in [0.2, 0.25) is 0 Å². The van der Waals surface area contributed by atoms with E-state index in [4.69, 9.17) is 23.7 Å². The number of fused-ring (bicyclic) bond motifs is 3. The van der Waals surface area contributed by atoms with Crippen LogP contribution in [0.25, 0.3) is 0 Å². The molecule has 0 aromatic rings. The molecule has 3 aliphatic rings. The Hall–Kier alpha value is -0.790. The second kappa shape index (κ2) is 8.17. The fourth-order valence-electron chi connectivity index (χ4n) is 3.32. The minimum absolute atomic E-state index is 0.0177. The Kier molecular flexibility index (Phi) is 5.97. The summed E-state index contributed by atoms with van der Waals surface area (Å²) < 4.78 is 28.2. The molecule has 1 heterocycles. The lowest BCUT2D eigenvalue weighted by molar-refractivity contribution is -0.118. The summed E-state index contributed by atoms with van der Waals surface area (Å²) in [5.74, 6) is 0.352. The lowest BCUT2D eigenvalue weighted by Crippen LogP contribution is -2.32. The molecule has 0 unspecified atom stereocenters. The highest BCUT2D eigenvalue weighted by Gasteiger charge is 2.48. The molecule has 124 valence electrons. The average Bonchev–Trinajstić information content (AvgIpc) is 3.03. The highest BCUT2D eigenvalue weighted by Crippen LogP contribution is 2.41. The van der Waals surface area contributed by atoms with Gasteiger partial charge in [0, 0.05) is 11.8 Å². The molecule has 6 nitrogen and oxygen atoms in total. The van der Waals surface area contributed by atoms with Gasteiger partial charge in [-0.2, -0.15) is 0 Å². The Balaban J connectivity index is 1.57. The van der Waals surface area contributed by atoms with E-state index >= 15 is 0 Å². The van der Waals surface area contributed by atoms with E-state index in [2.05, 4.69) is 0 Å². The van der Waals surface area contributed by atoms with Gasteiger partial charge >= 0.3 is 0 Å². The summed E-state index contributed by atoms with van der Waals surface area (Å²) in [4.78, 5) is 11.9. The molecule has 0 aromatic carbocycles. The van der Waals surface area contributed by atoms with Crippen molar-refractivity contribution in [1.29, 1.82) is 0 Å². The van der Waals surface area contributed by atoms with Gasteiger partial charge in [0.1, 0.15) is 0 Å². The zero-order valence-corrected chi connectivity index (χ0v) is 12.8. The molecule has 0 bridgehead atoms. The maximum Gasteiger partial charge on any atom is 0.159 e. The summed E-state index contributed by atoms with van der Waals surface area (Å²) in [6, 6.07) is 0. The number of allylic oxidation sites excluding steroid dienone is 1. The van der Waals surface area contributed by atoms with Crippen molar-refractivity contribution < 1.29 is 28.5 Å². The van der Waals surface area contributed by atoms with Gasteiger partial charge in [0.15, 0.2) is 5.78 Å². The fraction of sp³-hybridized carbons (Fsp3) is 0.812. The SMILES string of the molecule is O=C1C=C[C@@H]2[C@H]3OCCOCCOCCOCCO[C@@H]3C[C@H]12. The maximum absolute atomic E-state index is 11.9. The summed E-state index contributed by atoms with van der Waals surface area (Å²) in [5.41, 5.74) is 0. The van der Waals surface area contributed by atoms with Gasteiger partial charge in [-0.15, -0.1) is 0 Å². The standard InChI is InChI=1S/C16H24O6/c17-14-2-1-12-13(14)11-15-16(12)22-10-8-20-6-4-18-3-5-19-7-9-21-15/h1-2,12-13,15-16H,3-11H2/t12-,13-,15+,16+/m0/s1. The first-order valence-corrected chi connectivity index (χ1v) is 8.05. The van der Waals surface area contributed by atoms with Crippen LogP contribution in [0.3, 0.4) is 0 Å². The molecule has 6 heteroatoms. The maximum atomic E-state index is 11.9. The molecule has 0 spiro atoms. The molecule has 3 rings (SSSR count). The zero-order valence-electron chi connectivity index (χ0n) is 12.8. The number of carbonyl (C=O) groups is 1. The Morgan fingerprint density at radius 3 is 2.09 bits per heavy atom. The van der Waals surface area contributed by atoms with Gasteiger partial charge in [0.2, 0.25) is 0 Å². The van der Waals surface area contributed by atoms with Crippen LogP contribution in [-0.2, 0) is 28.5 Å². The number of rotatable bonds is 0. The quantitative estimate of drug-likeness (QED) is 0.652. The predicted octanol–water partition coefficient (Wildman–Crippen LogP) is 0.595. The zero-order chi connectivity index (χ0) is 15.2. The minimum Gasteiger partial charge on any atom is -0.377 e. The fourth-order valence-corrected chi connectivity index (χ4v) is 3.32. The first kappa shape index (κ1) is 16.1. The van der Waals surface area contributed by atoms with E-state index in [-0.39, 0.29) is 29.8 Å². The van der Waals surface area contributed by atoms with Crippen molar-refractivity contribution in [3.63, 3.8) is 0 Å². The second-order valence-electron chi connectivity index (χ2n) is 5.76. The van der Waals surface area contributed by atoms with Crippen LogP contribution in [0.4, 0.5) is 0 Å². The molecular formula is C16H24O6. The molecular weight excluding hydrogens is 288 g/mol. The van der Waals surface area contributed by atoms with Crippen molar-refractivity contribution >= 4 is 5.78 Å². The summed E-state index contributed by atoms with van der Waals surface area (Å²) in [7, 11) is 0. The minimum atomic E-state index is -0.0716. The van der Waals surface area contributed by atoms with E-state index < -0.39 is 0 Å². The molecule has 2 fully saturated rings. The van der Waals surface area contributed by atoms with Gasteiger partial charge in [0.25, 0.3) is 0 Å². The number of ketones is 1. The predicted molar refractivity (Wildman–Crippen MR) is 77.7 cm³/mol. The highest BCUT2D eigenvalue weighted by atomic mass is 16.6. The van der Waals surface area contributed by atoms with Crippen molar-refractivity contribution in [3.8, 4) is 0 Å². The topological polar surface area (TPSA) is 63.2 Å². The number of carbonyl (C=O) groups excluding carboxylic acids is 1. The molecule has 1 saturated heterocycles. The molecule has 4 atom stereocenters. The average molecular weight is 312 g/mol. The Morgan fingerprint density at radius 2 is 1.41 bits per heavy atom. The first-order chi connectivity index (χ1) is 10.9. The lowest BCUT2D eigenvalue weighted by atomic mass is 9.98. The monoisotopic (exact) mass is 312 g/mol. The third kappa shape index (κ3) is 3.94. The Labute approximate surface area is 130 Å². The van der Waals surface area contributed by atoms with Crippen molar-refractivity contribution in [2.45, 2.75) is 18.6 Å². The molecule has 22 heavy (non-hydrogen) atoms. The summed E-state index contributed by atoms with van der Waals surface area (Å²) >= 11 is 0. The van der Waals surface area contributed by atoms with Crippen LogP contribution < -0.4 is 0 Å². The smallest absolute Gasteiger partial charge is 0.159 e. The van der Waals surface area contributed by atoms with Crippen molar-refractivity contribution in [3.05, 3.63) is 12.2 Å². The molecule has 2 aliphatic carbocycles. The Bertz CT molecular complexity index is 396. The van der Waals surface area contributed by atoms with E-state index in [1.54, 1.807) is 6.08 Å². The normalized spacial score (nSPS) is 38.1. The van der Waals surface area contributed by atoms with Gasteiger partial charge in [-0.05, 0) is 12.5 Å². The molecule has 0 N–H and O–H groups in total. The highest BCUT2D eigenvalue weighted by molar-refractivity contribution is 5.95. The van der Waals surface area contributed by atoms with Gasteiger partial charge < -0.3 is 23.7 Å². The van der Waals surface area contributed by atoms with Gasteiger partial charge in [-0.1, -0.05) is 6.08 Å². The summed E-state index contributed by atoms with van der Waals surface area (Å²) in [5, 5.41) is 0. The van der Waals surface area contributed by atoms with Crippen LogP contribution >= 0.6 is 0 Å². The van der Waals surface area contributed by atoms with Gasteiger partial charge in [0.05, 0.1) is 65.1 Å². The largest absolute Gasteiger partial charge is 0.377 e. The van der Waals surface area contributed by atoms with Crippen molar-refractivity contribution in [1.82, 2.24) is 0 Å². The number of hydrogen-bond donors (Lipinski definition) is 0. The lowest BCUT2D eigenvalue weighted by Gasteiger charge is -2.23. The summed E-state index contributed by atoms with van der Waals surface area (Å²) in [6.07, 6.45) is 4.26. The van der Waals surface area contributed by atoms with Crippen LogP contribution in [-0.4, -0.2) is 70.8 Å². The molecule has 0 amide bonds. The van der Waals surface area contributed by atoms with Crippen molar-refractivity contribution in [2.24, 2.45) is 11.8 Å². The summed E-state index contributed by atoms with van der Waals surface area (Å²) in [6.45, 7) is 4.31. The van der Waals surface area contributed by atoms with Gasteiger partial charge in [-0.3, -0.25) is 4.79 Å². The van der Waals surface area contributed by atoms with Crippen LogP contribution in [0.5, 0.6) is 0 Å². The third-order valence-electron chi connectivity index (χ3n) is 4.39. The van der Waals surface area contributed by atoms with E-state index in [1.807, 2.05) is 6.08 Å². The molecule has 1 saturated carbocycles. The van der Waals surface area contributed by atoms with Crippen LogP contribution in [0.15, 0.2) is 12.2 Å². The van der Waals surface area contributed by atoms with Crippen LogP contribution in [0, 0.1) is 11.8 Å². The van der Waals surface area contributed by atoms with Gasteiger partial charge in [-0.25, -0.2) is 0 Å². The Morgan fingerprint density at radius 1 is 0.818 bits per heavy atom.